The molecule has 1 amide bonds. The summed E-state index contributed by atoms with van der Waals surface area (Å²) in [5.74, 6) is 0.429. The molecule has 1 N–H and O–H groups in total. The van der Waals surface area contributed by atoms with Crippen molar-refractivity contribution in [3.05, 3.63) is 76.6 Å². The smallest absolute Gasteiger partial charge is 0.251 e. The minimum atomic E-state index is -3.54. The van der Waals surface area contributed by atoms with Gasteiger partial charge in [0.2, 0.25) is 0 Å². The van der Waals surface area contributed by atoms with Gasteiger partial charge in [-0.1, -0.05) is 17.7 Å². The van der Waals surface area contributed by atoms with E-state index < -0.39 is 15.7 Å². The van der Waals surface area contributed by atoms with Crippen LogP contribution in [-0.2, 0) is 21.1 Å². The number of hydrogen-bond acceptors (Lipinski definition) is 8. The number of carbonyl (C=O) groups is 1. The summed E-state index contributed by atoms with van der Waals surface area (Å²) in [6.07, 6.45) is 3.05. The molecule has 0 bridgehead atoms. The minimum Gasteiger partial charge on any atom is -0.372 e. The number of aromatic nitrogens is 3. The molecule has 0 saturated carbocycles. The lowest BCUT2D eigenvalue weighted by molar-refractivity contribution is -0.00545. The zero-order chi connectivity index (χ0) is 28.6. The molecular weight excluding hydrogens is 550 g/mol. The number of benzene rings is 1. The highest BCUT2D eigenvalue weighted by Crippen LogP contribution is 2.26. The third-order valence-corrected chi connectivity index (χ3v) is 8.37. The Labute approximate surface area is 238 Å². The number of pyridine rings is 3. The molecule has 1 aliphatic rings. The first-order valence-corrected chi connectivity index (χ1v) is 15.2. The molecule has 5 rings (SSSR count). The van der Waals surface area contributed by atoms with Gasteiger partial charge in [-0.2, -0.15) is 0 Å². The van der Waals surface area contributed by atoms with Gasteiger partial charge in [0.25, 0.3) is 5.91 Å². The maximum Gasteiger partial charge on any atom is 0.251 e. The normalized spacial score (nSPS) is 17.7. The Morgan fingerprint density at radius 3 is 2.52 bits per heavy atom. The van der Waals surface area contributed by atoms with Crippen LogP contribution in [0.4, 0.5) is 5.82 Å². The number of morpholine rings is 1. The molecule has 1 aromatic carbocycles. The summed E-state index contributed by atoms with van der Waals surface area (Å²) < 4.78 is 30.1. The van der Waals surface area contributed by atoms with Crippen LogP contribution in [0.25, 0.3) is 22.3 Å². The lowest BCUT2D eigenvalue weighted by Gasteiger charge is -2.36. The number of fused-ring (bicyclic) bond motifs is 1. The van der Waals surface area contributed by atoms with Crippen LogP contribution in [0.1, 0.15) is 35.5 Å². The Kier molecular flexibility index (Phi) is 7.76. The van der Waals surface area contributed by atoms with Crippen molar-refractivity contribution in [1.82, 2.24) is 20.3 Å². The molecule has 0 radical (unpaired) electrons. The first-order chi connectivity index (χ1) is 19.0. The Balaban J connectivity index is 1.35. The van der Waals surface area contributed by atoms with E-state index in [1.165, 1.54) is 12.1 Å². The van der Waals surface area contributed by atoms with E-state index in [1.807, 2.05) is 36.4 Å². The number of carbonyl (C=O) groups excluding carboxylic acids is 1. The fourth-order valence-electron chi connectivity index (χ4n) is 4.85. The van der Waals surface area contributed by atoms with E-state index in [4.69, 9.17) is 26.3 Å². The highest BCUT2D eigenvalue weighted by Gasteiger charge is 2.23. The summed E-state index contributed by atoms with van der Waals surface area (Å²) in [5, 5.41) is 3.86. The summed E-state index contributed by atoms with van der Waals surface area (Å²) in [7, 11) is -3.54. The summed E-state index contributed by atoms with van der Waals surface area (Å²) in [6.45, 7) is 7.41. The Morgan fingerprint density at radius 1 is 1.07 bits per heavy atom. The number of rotatable bonds is 6. The van der Waals surface area contributed by atoms with Gasteiger partial charge in [0.05, 0.1) is 46.2 Å². The Bertz CT molecular complexity index is 1700. The molecule has 208 valence electrons. The number of sulfone groups is 1. The molecule has 9 nitrogen and oxygen atoms in total. The SMILES string of the molecule is Cc1c(Cl)cc(C(=O)NCc2cc3nc(-c4cccc(N5C[C@@H](C)O[C@@H](C)C5)n4)ccc3cn2)cc1S(C)(=O)=O. The number of hydrogen-bond donors (Lipinski definition) is 1. The highest BCUT2D eigenvalue weighted by atomic mass is 35.5. The predicted molar refractivity (Wildman–Crippen MR) is 155 cm³/mol. The fourth-order valence-corrected chi connectivity index (χ4v) is 6.13. The number of nitrogens with one attached hydrogen (secondary N) is 1. The van der Waals surface area contributed by atoms with Gasteiger partial charge in [-0.05, 0) is 68.8 Å². The second kappa shape index (κ2) is 11.1. The van der Waals surface area contributed by atoms with Crippen LogP contribution in [0.3, 0.4) is 0 Å². The molecule has 4 aromatic rings. The molecule has 2 atom stereocenters. The molecule has 0 aliphatic carbocycles. The van der Waals surface area contributed by atoms with E-state index >= 15 is 0 Å². The molecule has 0 unspecified atom stereocenters. The van der Waals surface area contributed by atoms with Crippen molar-refractivity contribution in [3.8, 4) is 11.4 Å². The van der Waals surface area contributed by atoms with Crippen LogP contribution in [0.15, 0.2) is 59.6 Å². The van der Waals surface area contributed by atoms with Crippen LogP contribution in [0.5, 0.6) is 0 Å². The monoisotopic (exact) mass is 579 g/mol. The lowest BCUT2D eigenvalue weighted by Crippen LogP contribution is -2.45. The third kappa shape index (κ3) is 6.09. The molecule has 11 heteroatoms. The molecule has 40 heavy (non-hydrogen) atoms. The van der Waals surface area contributed by atoms with Crippen molar-refractivity contribution in [3.63, 3.8) is 0 Å². The van der Waals surface area contributed by atoms with Crippen molar-refractivity contribution < 1.29 is 17.9 Å². The van der Waals surface area contributed by atoms with E-state index in [1.54, 1.807) is 13.1 Å². The standard InChI is InChI=1S/C29H30ClN5O4S/c1-17-15-35(16-18(2)39-17)28-7-5-6-24(34-28)25-9-8-20-13-31-22(12-26(20)33-25)14-32-29(36)21-10-23(30)19(3)27(11-21)40(4,37)38/h5-13,17-18H,14-16H2,1-4H3,(H,32,36)/t17-,18+. The fraction of sp³-hybridized carbons (Fsp3) is 0.310. The maximum absolute atomic E-state index is 12.8. The summed E-state index contributed by atoms with van der Waals surface area (Å²) in [4.78, 5) is 29.2. The van der Waals surface area contributed by atoms with Crippen molar-refractivity contribution in [2.24, 2.45) is 0 Å². The Hall–Kier alpha value is -3.60. The van der Waals surface area contributed by atoms with Crippen LogP contribution < -0.4 is 10.2 Å². The highest BCUT2D eigenvalue weighted by molar-refractivity contribution is 7.90. The predicted octanol–water partition coefficient (Wildman–Crippen LogP) is 4.60. The number of halogens is 1. The number of nitrogens with zero attached hydrogens (tertiary/aromatic N) is 4. The number of amides is 1. The zero-order valence-corrected chi connectivity index (χ0v) is 24.3. The quantitative estimate of drug-likeness (QED) is 0.352. The van der Waals surface area contributed by atoms with Gasteiger partial charge in [-0.25, -0.2) is 18.4 Å². The summed E-state index contributed by atoms with van der Waals surface area (Å²) in [5.41, 5.74) is 3.38. The van der Waals surface area contributed by atoms with Gasteiger partial charge in [0.1, 0.15) is 5.82 Å². The molecule has 1 fully saturated rings. The van der Waals surface area contributed by atoms with Crippen molar-refractivity contribution in [2.45, 2.75) is 44.4 Å². The molecule has 1 aliphatic heterocycles. The molecule has 4 heterocycles. The molecular formula is C29H30ClN5O4S. The van der Waals surface area contributed by atoms with Crippen molar-refractivity contribution in [1.29, 1.82) is 0 Å². The number of anilines is 1. The Morgan fingerprint density at radius 2 is 1.80 bits per heavy atom. The molecule has 3 aromatic heterocycles. The van der Waals surface area contributed by atoms with E-state index in [9.17, 15) is 13.2 Å². The van der Waals surface area contributed by atoms with Crippen LogP contribution >= 0.6 is 11.6 Å². The van der Waals surface area contributed by atoms with Gasteiger partial charge >= 0.3 is 0 Å². The summed E-state index contributed by atoms with van der Waals surface area (Å²) in [6, 6.07) is 14.4. The minimum absolute atomic E-state index is 0.0287. The number of ether oxygens (including phenoxy) is 1. The molecule has 0 spiro atoms. The lowest BCUT2D eigenvalue weighted by atomic mass is 10.1. The van der Waals surface area contributed by atoms with E-state index in [0.29, 0.717) is 11.3 Å². The van der Waals surface area contributed by atoms with Gasteiger partial charge in [0.15, 0.2) is 9.84 Å². The largest absolute Gasteiger partial charge is 0.372 e. The van der Waals surface area contributed by atoms with Crippen LogP contribution in [-0.4, -0.2) is 60.8 Å². The third-order valence-electron chi connectivity index (χ3n) is 6.76. The van der Waals surface area contributed by atoms with Crippen molar-refractivity contribution >= 4 is 44.1 Å². The first-order valence-electron chi connectivity index (χ1n) is 12.9. The average Bonchev–Trinajstić information content (AvgIpc) is 2.91. The van der Waals surface area contributed by atoms with Crippen molar-refractivity contribution in [2.75, 3.05) is 24.2 Å². The second-order valence-electron chi connectivity index (χ2n) is 10.1. The second-order valence-corrected chi connectivity index (χ2v) is 12.5. The van der Waals surface area contributed by atoms with E-state index in [2.05, 4.69) is 29.0 Å². The van der Waals surface area contributed by atoms with Gasteiger partial charge in [0, 0.05) is 41.5 Å². The van der Waals surface area contributed by atoms with Crippen LogP contribution in [0.2, 0.25) is 5.02 Å². The van der Waals surface area contributed by atoms with E-state index in [0.717, 1.165) is 47.5 Å². The van der Waals surface area contributed by atoms with Crippen LogP contribution in [0, 0.1) is 6.92 Å². The molecule has 1 saturated heterocycles. The topological polar surface area (TPSA) is 114 Å². The summed E-state index contributed by atoms with van der Waals surface area (Å²) >= 11 is 6.21. The zero-order valence-electron chi connectivity index (χ0n) is 22.7. The van der Waals surface area contributed by atoms with Gasteiger partial charge < -0.3 is 15.0 Å². The van der Waals surface area contributed by atoms with Gasteiger partial charge in [-0.3, -0.25) is 9.78 Å². The average molecular weight is 580 g/mol. The van der Waals surface area contributed by atoms with Gasteiger partial charge in [-0.15, -0.1) is 0 Å². The van der Waals surface area contributed by atoms with E-state index in [-0.39, 0.29) is 34.2 Å². The maximum atomic E-state index is 12.8. The first kappa shape index (κ1) is 27.9.